The lowest BCUT2D eigenvalue weighted by molar-refractivity contribution is 0.859. The zero-order valence-electron chi connectivity index (χ0n) is 12.5. The second-order valence-electron chi connectivity index (χ2n) is 5.09. The van der Waals surface area contributed by atoms with E-state index >= 15 is 0 Å². The molecule has 0 radical (unpaired) electrons. The molecule has 110 valence electrons. The van der Waals surface area contributed by atoms with Crippen molar-refractivity contribution >= 4 is 23.2 Å². The topological polar surface area (TPSA) is 15.6 Å². The average Bonchev–Trinajstić information content (AvgIpc) is 2.98. The Hall–Kier alpha value is -2.39. The SMILES string of the molecule is Cc1ccsc1/C=N\N(Cc1ccccc1)c1ccccc1. The molecule has 0 aliphatic carbocycles. The van der Waals surface area contributed by atoms with E-state index in [4.69, 9.17) is 5.10 Å². The van der Waals surface area contributed by atoms with Gasteiger partial charge in [-0.15, -0.1) is 11.3 Å². The lowest BCUT2D eigenvalue weighted by Crippen LogP contribution is -2.15. The number of hydrazone groups is 1. The average molecular weight is 306 g/mol. The summed E-state index contributed by atoms with van der Waals surface area (Å²) in [5.74, 6) is 0. The van der Waals surface area contributed by atoms with Gasteiger partial charge >= 0.3 is 0 Å². The van der Waals surface area contributed by atoms with Crippen molar-refractivity contribution in [1.29, 1.82) is 0 Å². The largest absolute Gasteiger partial charge is 0.261 e. The molecular weight excluding hydrogens is 288 g/mol. The molecule has 0 amide bonds. The van der Waals surface area contributed by atoms with E-state index in [1.165, 1.54) is 16.0 Å². The Morgan fingerprint density at radius 2 is 1.64 bits per heavy atom. The first-order chi connectivity index (χ1) is 10.8. The summed E-state index contributed by atoms with van der Waals surface area (Å²) in [6.07, 6.45) is 1.95. The molecule has 0 aliphatic rings. The van der Waals surface area contributed by atoms with Crippen molar-refractivity contribution in [2.24, 2.45) is 5.10 Å². The van der Waals surface area contributed by atoms with E-state index in [0.717, 1.165) is 12.2 Å². The summed E-state index contributed by atoms with van der Waals surface area (Å²) in [7, 11) is 0. The summed E-state index contributed by atoms with van der Waals surface area (Å²) in [6.45, 7) is 2.87. The first-order valence-electron chi connectivity index (χ1n) is 7.27. The second kappa shape index (κ2) is 7.05. The first-order valence-corrected chi connectivity index (χ1v) is 8.15. The number of thiophene rings is 1. The smallest absolute Gasteiger partial charge is 0.0666 e. The standard InChI is InChI=1S/C19H18N2S/c1-16-12-13-22-19(16)14-20-21(18-10-6-3-7-11-18)15-17-8-4-2-5-9-17/h2-14H,15H2,1H3/b20-14-. The molecular formula is C19H18N2S. The van der Waals surface area contributed by atoms with E-state index in [2.05, 4.69) is 54.8 Å². The Balaban J connectivity index is 1.86. The Morgan fingerprint density at radius 3 is 2.27 bits per heavy atom. The van der Waals surface area contributed by atoms with E-state index in [-0.39, 0.29) is 0 Å². The van der Waals surface area contributed by atoms with Crippen LogP contribution in [0.25, 0.3) is 0 Å². The van der Waals surface area contributed by atoms with Gasteiger partial charge in [-0.3, -0.25) is 5.01 Å². The molecule has 0 saturated carbocycles. The maximum atomic E-state index is 4.71. The normalized spacial score (nSPS) is 11.0. The molecule has 1 heterocycles. The van der Waals surface area contributed by atoms with Gasteiger partial charge in [0.05, 0.1) is 18.4 Å². The van der Waals surface area contributed by atoms with E-state index in [9.17, 15) is 0 Å². The van der Waals surface area contributed by atoms with Gasteiger partial charge in [-0.1, -0.05) is 48.5 Å². The van der Waals surface area contributed by atoms with E-state index in [1.54, 1.807) is 11.3 Å². The number of hydrogen-bond donors (Lipinski definition) is 0. The van der Waals surface area contributed by atoms with Crippen molar-refractivity contribution in [3.63, 3.8) is 0 Å². The lowest BCUT2D eigenvalue weighted by Gasteiger charge is -2.19. The van der Waals surface area contributed by atoms with E-state index < -0.39 is 0 Å². The van der Waals surface area contributed by atoms with Crippen LogP contribution in [0, 0.1) is 6.92 Å². The number of rotatable bonds is 5. The molecule has 0 N–H and O–H groups in total. The third-order valence-corrected chi connectivity index (χ3v) is 4.40. The van der Waals surface area contributed by atoms with Crippen molar-refractivity contribution < 1.29 is 0 Å². The van der Waals surface area contributed by atoms with Crippen molar-refractivity contribution in [1.82, 2.24) is 0 Å². The second-order valence-corrected chi connectivity index (χ2v) is 6.04. The van der Waals surface area contributed by atoms with Crippen LogP contribution in [0.5, 0.6) is 0 Å². The first kappa shape index (κ1) is 14.5. The Labute approximate surface area is 135 Å². The molecule has 2 nitrogen and oxygen atoms in total. The Bertz CT molecular complexity index is 732. The molecule has 0 atom stereocenters. The van der Waals surface area contributed by atoms with Gasteiger partial charge < -0.3 is 0 Å². The molecule has 3 rings (SSSR count). The van der Waals surface area contributed by atoms with Gasteiger partial charge in [0.1, 0.15) is 0 Å². The van der Waals surface area contributed by atoms with Gasteiger partial charge in [-0.05, 0) is 41.6 Å². The summed E-state index contributed by atoms with van der Waals surface area (Å²) in [5, 5.41) is 8.85. The summed E-state index contributed by atoms with van der Waals surface area (Å²) >= 11 is 1.72. The molecule has 2 aromatic carbocycles. The van der Waals surface area contributed by atoms with Crippen LogP contribution < -0.4 is 5.01 Å². The number of anilines is 1. The Morgan fingerprint density at radius 1 is 0.955 bits per heavy atom. The number of benzene rings is 2. The van der Waals surface area contributed by atoms with Crippen LogP contribution in [0.4, 0.5) is 5.69 Å². The third kappa shape index (κ3) is 3.62. The monoisotopic (exact) mass is 306 g/mol. The van der Waals surface area contributed by atoms with Crippen molar-refractivity contribution in [3.8, 4) is 0 Å². The fourth-order valence-electron chi connectivity index (χ4n) is 2.19. The molecule has 0 spiro atoms. The summed E-state index contributed by atoms with van der Waals surface area (Å²) in [6, 6.07) is 22.8. The zero-order valence-corrected chi connectivity index (χ0v) is 13.3. The predicted molar refractivity (Wildman–Crippen MR) is 95.7 cm³/mol. The van der Waals surface area contributed by atoms with Crippen LogP contribution in [0.15, 0.2) is 77.2 Å². The minimum Gasteiger partial charge on any atom is -0.261 e. The molecule has 3 aromatic rings. The molecule has 0 unspecified atom stereocenters. The van der Waals surface area contributed by atoms with Gasteiger partial charge in [0, 0.05) is 4.88 Å². The fourth-order valence-corrected chi connectivity index (χ4v) is 2.97. The molecule has 0 fully saturated rings. The van der Waals surface area contributed by atoms with Crippen molar-refractivity contribution in [3.05, 3.63) is 88.1 Å². The van der Waals surface area contributed by atoms with Crippen LogP contribution in [0.1, 0.15) is 16.0 Å². The van der Waals surface area contributed by atoms with E-state index in [1.807, 2.05) is 35.5 Å². The quantitative estimate of drug-likeness (QED) is 0.473. The minimum absolute atomic E-state index is 0.756. The number of aryl methyl sites for hydroxylation is 1. The highest BCUT2D eigenvalue weighted by molar-refractivity contribution is 7.11. The summed E-state index contributed by atoms with van der Waals surface area (Å²) in [4.78, 5) is 1.20. The highest BCUT2D eigenvalue weighted by Gasteiger charge is 2.05. The molecule has 0 aliphatic heterocycles. The lowest BCUT2D eigenvalue weighted by atomic mass is 10.2. The molecule has 3 heteroatoms. The van der Waals surface area contributed by atoms with Crippen molar-refractivity contribution in [2.45, 2.75) is 13.5 Å². The maximum absolute atomic E-state index is 4.71. The molecule has 22 heavy (non-hydrogen) atoms. The zero-order chi connectivity index (χ0) is 15.2. The maximum Gasteiger partial charge on any atom is 0.0666 e. The number of nitrogens with zero attached hydrogens (tertiary/aromatic N) is 2. The van der Waals surface area contributed by atoms with Crippen LogP contribution >= 0.6 is 11.3 Å². The van der Waals surface area contributed by atoms with E-state index in [0.29, 0.717) is 0 Å². The predicted octanol–water partition coefficient (Wildman–Crippen LogP) is 5.10. The van der Waals surface area contributed by atoms with Gasteiger partial charge in [-0.2, -0.15) is 5.10 Å². The van der Waals surface area contributed by atoms with Crippen LogP contribution in [0.2, 0.25) is 0 Å². The van der Waals surface area contributed by atoms with Crippen LogP contribution in [0.3, 0.4) is 0 Å². The minimum atomic E-state index is 0.756. The summed E-state index contributed by atoms with van der Waals surface area (Å²) in [5.41, 5.74) is 3.60. The van der Waals surface area contributed by atoms with Gasteiger partial charge in [0.15, 0.2) is 0 Å². The van der Waals surface area contributed by atoms with Gasteiger partial charge in [0.25, 0.3) is 0 Å². The van der Waals surface area contributed by atoms with Crippen molar-refractivity contribution in [2.75, 3.05) is 5.01 Å². The Kier molecular flexibility index (Phi) is 4.66. The molecule has 0 saturated heterocycles. The molecule has 0 bridgehead atoms. The van der Waals surface area contributed by atoms with Crippen LogP contribution in [-0.4, -0.2) is 6.21 Å². The third-order valence-electron chi connectivity index (χ3n) is 3.45. The molecule has 1 aromatic heterocycles. The van der Waals surface area contributed by atoms with Crippen LogP contribution in [-0.2, 0) is 6.54 Å². The summed E-state index contributed by atoms with van der Waals surface area (Å²) < 4.78 is 0. The fraction of sp³-hybridized carbons (Fsp3) is 0.105. The van der Waals surface area contributed by atoms with Gasteiger partial charge in [0.2, 0.25) is 0 Å². The highest BCUT2D eigenvalue weighted by Crippen LogP contribution is 2.18. The number of para-hydroxylation sites is 1. The number of hydrogen-bond acceptors (Lipinski definition) is 3. The van der Waals surface area contributed by atoms with Gasteiger partial charge in [-0.25, -0.2) is 0 Å². The highest BCUT2D eigenvalue weighted by atomic mass is 32.1.